The lowest BCUT2D eigenvalue weighted by molar-refractivity contribution is 0.306. The molecule has 0 saturated heterocycles. The molecule has 1 aromatic heterocycles. The highest BCUT2D eigenvalue weighted by Crippen LogP contribution is 2.17. The molecule has 0 saturated carbocycles. The molecule has 0 bridgehead atoms. The molecule has 0 aromatic carbocycles. The number of nitrogens with zero attached hydrogens (tertiary/aromatic N) is 3. The first kappa shape index (κ1) is 14.4. The van der Waals surface area contributed by atoms with Crippen molar-refractivity contribution >= 4 is 16.7 Å². The smallest absolute Gasteiger partial charge is 0.202 e. The summed E-state index contributed by atoms with van der Waals surface area (Å²) in [4.78, 5) is 6.89. The number of hydrogen-bond donors (Lipinski definition) is 1. The van der Waals surface area contributed by atoms with E-state index in [0.717, 1.165) is 37.0 Å². The van der Waals surface area contributed by atoms with Crippen molar-refractivity contribution in [2.24, 2.45) is 0 Å². The average Bonchev–Trinajstić information content (AvgIpc) is 2.64. The monoisotopic (exact) mass is 256 g/mol. The second-order valence-electron chi connectivity index (χ2n) is 5.17. The third-order valence-corrected chi connectivity index (χ3v) is 3.16. The Kier molecular flexibility index (Phi) is 5.33. The van der Waals surface area contributed by atoms with E-state index in [1.54, 1.807) is 0 Å². The first-order chi connectivity index (χ1) is 7.94. The molecule has 0 spiro atoms. The molecule has 17 heavy (non-hydrogen) atoms. The second-order valence-corrected chi connectivity index (χ2v) is 5.92. The summed E-state index contributed by atoms with van der Waals surface area (Å²) in [5.41, 5.74) is 0.0513. The van der Waals surface area contributed by atoms with Crippen LogP contribution in [0.15, 0.2) is 0 Å². The molecule has 0 aliphatic heterocycles. The molecule has 4 nitrogen and oxygen atoms in total. The van der Waals surface area contributed by atoms with Gasteiger partial charge in [-0.15, -0.1) is 0 Å². The Labute approximate surface area is 109 Å². The van der Waals surface area contributed by atoms with Gasteiger partial charge in [0.1, 0.15) is 5.82 Å². The Bertz CT molecular complexity index is 325. The molecule has 0 unspecified atom stereocenters. The van der Waals surface area contributed by atoms with E-state index in [1.165, 1.54) is 11.5 Å². The summed E-state index contributed by atoms with van der Waals surface area (Å²) >= 11 is 1.45. The minimum Gasteiger partial charge on any atom is -0.356 e. The molecule has 98 valence electrons. The predicted octanol–water partition coefficient (Wildman–Crippen LogP) is 2.63. The van der Waals surface area contributed by atoms with Crippen LogP contribution in [0.25, 0.3) is 0 Å². The fourth-order valence-corrected chi connectivity index (χ4v) is 2.35. The molecule has 0 amide bonds. The normalized spacial score (nSPS) is 12.1. The van der Waals surface area contributed by atoms with Crippen molar-refractivity contribution in [2.75, 3.05) is 25.0 Å². The molecular formula is C12H24N4S. The molecule has 1 aromatic rings. The zero-order chi connectivity index (χ0) is 12.9. The fourth-order valence-electron chi connectivity index (χ4n) is 1.53. The minimum absolute atomic E-state index is 0.0513. The maximum Gasteiger partial charge on any atom is 0.202 e. The number of rotatable bonds is 6. The van der Waals surface area contributed by atoms with E-state index >= 15 is 0 Å². The van der Waals surface area contributed by atoms with Gasteiger partial charge in [-0.05, 0) is 33.9 Å². The van der Waals surface area contributed by atoms with Crippen LogP contribution in [0.4, 0.5) is 5.13 Å². The van der Waals surface area contributed by atoms with E-state index in [-0.39, 0.29) is 5.54 Å². The quantitative estimate of drug-likeness (QED) is 0.849. The standard InChI is InChI=1S/C12H24N4S/c1-6-16(7-2)9-8-10-13-11(17-15-10)14-12(3,4)5/h6-9H2,1-5H3,(H,13,14,15). The van der Waals surface area contributed by atoms with E-state index in [4.69, 9.17) is 0 Å². The number of nitrogens with one attached hydrogen (secondary N) is 1. The van der Waals surface area contributed by atoms with Crippen LogP contribution in [0, 0.1) is 0 Å². The maximum absolute atomic E-state index is 4.51. The van der Waals surface area contributed by atoms with E-state index in [1.807, 2.05) is 0 Å². The van der Waals surface area contributed by atoms with Crippen molar-refractivity contribution < 1.29 is 0 Å². The van der Waals surface area contributed by atoms with Gasteiger partial charge in [0.15, 0.2) is 0 Å². The van der Waals surface area contributed by atoms with Crippen LogP contribution < -0.4 is 5.32 Å². The topological polar surface area (TPSA) is 41.1 Å². The van der Waals surface area contributed by atoms with Crippen LogP contribution in [0.1, 0.15) is 40.4 Å². The van der Waals surface area contributed by atoms with E-state index in [9.17, 15) is 0 Å². The highest BCUT2D eigenvalue weighted by molar-refractivity contribution is 7.09. The Hall–Kier alpha value is -0.680. The zero-order valence-corrected chi connectivity index (χ0v) is 12.4. The summed E-state index contributed by atoms with van der Waals surface area (Å²) in [6.07, 6.45) is 0.935. The second kappa shape index (κ2) is 6.31. The third-order valence-electron chi connectivity index (χ3n) is 2.50. The summed E-state index contributed by atoms with van der Waals surface area (Å²) in [5, 5.41) is 4.27. The predicted molar refractivity (Wildman–Crippen MR) is 74.8 cm³/mol. The third kappa shape index (κ3) is 5.46. The van der Waals surface area contributed by atoms with Gasteiger partial charge in [0.2, 0.25) is 5.13 Å². The van der Waals surface area contributed by atoms with E-state index in [0.29, 0.717) is 0 Å². The zero-order valence-electron chi connectivity index (χ0n) is 11.6. The molecule has 0 aliphatic carbocycles. The molecule has 0 radical (unpaired) electrons. The van der Waals surface area contributed by atoms with Crippen LogP contribution >= 0.6 is 11.5 Å². The van der Waals surface area contributed by atoms with Gasteiger partial charge in [-0.3, -0.25) is 0 Å². The van der Waals surface area contributed by atoms with Crippen LogP contribution in [0.5, 0.6) is 0 Å². The van der Waals surface area contributed by atoms with Crippen molar-refractivity contribution in [3.05, 3.63) is 5.82 Å². The van der Waals surface area contributed by atoms with Crippen molar-refractivity contribution in [3.63, 3.8) is 0 Å². The summed E-state index contributed by atoms with van der Waals surface area (Å²) < 4.78 is 4.38. The van der Waals surface area contributed by atoms with Crippen LogP contribution in [-0.2, 0) is 6.42 Å². The summed E-state index contributed by atoms with van der Waals surface area (Å²) in [7, 11) is 0. The fraction of sp³-hybridized carbons (Fsp3) is 0.833. The number of hydrogen-bond acceptors (Lipinski definition) is 5. The van der Waals surface area contributed by atoms with Gasteiger partial charge in [0, 0.05) is 30.0 Å². The Morgan fingerprint density at radius 3 is 2.41 bits per heavy atom. The number of likely N-dealkylation sites (N-methyl/N-ethyl adjacent to an activating group) is 1. The summed E-state index contributed by atoms with van der Waals surface area (Å²) in [6.45, 7) is 14.0. The first-order valence-electron chi connectivity index (χ1n) is 6.27. The average molecular weight is 256 g/mol. The van der Waals surface area contributed by atoms with Gasteiger partial charge in [-0.25, -0.2) is 4.98 Å². The van der Waals surface area contributed by atoms with Gasteiger partial charge >= 0.3 is 0 Å². The minimum atomic E-state index is 0.0513. The van der Waals surface area contributed by atoms with Crippen molar-refractivity contribution in [1.29, 1.82) is 0 Å². The number of anilines is 1. The Balaban J connectivity index is 2.46. The lowest BCUT2D eigenvalue weighted by atomic mass is 10.1. The van der Waals surface area contributed by atoms with Crippen molar-refractivity contribution in [2.45, 2.75) is 46.6 Å². The lowest BCUT2D eigenvalue weighted by Gasteiger charge is -2.19. The lowest BCUT2D eigenvalue weighted by Crippen LogP contribution is -2.26. The largest absolute Gasteiger partial charge is 0.356 e. The molecule has 1 heterocycles. The molecule has 0 fully saturated rings. The summed E-state index contributed by atoms with van der Waals surface area (Å²) in [6, 6.07) is 0. The molecule has 5 heteroatoms. The molecule has 0 atom stereocenters. The molecule has 1 rings (SSSR count). The van der Waals surface area contributed by atoms with Crippen molar-refractivity contribution in [1.82, 2.24) is 14.3 Å². The van der Waals surface area contributed by atoms with Gasteiger partial charge < -0.3 is 10.2 Å². The molecular weight excluding hydrogens is 232 g/mol. The van der Waals surface area contributed by atoms with Crippen LogP contribution in [0.3, 0.4) is 0 Å². The highest BCUT2D eigenvalue weighted by Gasteiger charge is 2.13. The number of aromatic nitrogens is 2. The van der Waals surface area contributed by atoms with E-state index < -0.39 is 0 Å². The van der Waals surface area contributed by atoms with Gasteiger partial charge in [-0.1, -0.05) is 13.8 Å². The maximum atomic E-state index is 4.51. The van der Waals surface area contributed by atoms with Gasteiger partial charge in [0.25, 0.3) is 0 Å². The van der Waals surface area contributed by atoms with Crippen molar-refractivity contribution in [3.8, 4) is 0 Å². The Morgan fingerprint density at radius 2 is 1.88 bits per heavy atom. The summed E-state index contributed by atoms with van der Waals surface area (Å²) in [5.74, 6) is 0.952. The van der Waals surface area contributed by atoms with Gasteiger partial charge in [0.05, 0.1) is 0 Å². The molecule has 0 aliphatic rings. The SMILES string of the molecule is CCN(CC)CCc1nsc(NC(C)(C)C)n1. The highest BCUT2D eigenvalue weighted by atomic mass is 32.1. The van der Waals surface area contributed by atoms with Crippen LogP contribution in [-0.4, -0.2) is 39.4 Å². The first-order valence-corrected chi connectivity index (χ1v) is 7.05. The van der Waals surface area contributed by atoms with Gasteiger partial charge in [-0.2, -0.15) is 4.37 Å². The molecule has 1 N–H and O–H groups in total. The van der Waals surface area contributed by atoms with E-state index in [2.05, 4.69) is 54.2 Å². The van der Waals surface area contributed by atoms with Crippen LogP contribution in [0.2, 0.25) is 0 Å². The Morgan fingerprint density at radius 1 is 1.24 bits per heavy atom.